The summed E-state index contributed by atoms with van der Waals surface area (Å²) in [5.74, 6) is -0.213. The Morgan fingerprint density at radius 1 is 1.26 bits per heavy atom. The lowest BCUT2D eigenvalue weighted by atomic mass is 9.72. The molecule has 31 heavy (non-hydrogen) atoms. The molecule has 0 spiro atoms. The molecule has 2 aromatic rings. The molecule has 1 aliphatic rings. The summed E-state index contributed by atoms with van der Waals surface area (Å²) in [5, 5.41) is 4.34. The van der Waals surface area contributed by atoms with Gasteiger partial charge >= 0.3 is 5.97 Å². The molecule has 1 aromatic heterocycles. The molecule has 7 heteroatoms. The highest BCUT2D eigenvalue weighted by Gasteiger charge is 2.34. The van der Waals surface area contributed by atoms with E-state index in [1.165, 1.54) is 17.4 Å². The molecule has 0 saturated carbocycles. The van der Waals surface area contributed by atoms with Crippen molar-refractivity contribution >= 4 is 57.5 Å². The fourth-order valence-corrected chi connectivity index (χ4v) is 5.66. The van der Waals surface area contributed by atoms with Gasteiger partial charge in [-0.2, -0.15) is 0 Å². The molecule has 1 aliphatic carbocycles. The van der Waals surface area contributed by atoms with E-state index in [-0.39, 0.29) is 23.9 Å². The summed E-state index contributed by atoms with van der Waals surface area (Å²) in [6.45, 7) is 8.80. The number of fused-ring (bicyclic) bond motifs is 1. The maximum absolute atomic E-state index is 12.7. The second-order valence-electron chi connectivity index (χ2n) is 8.69. The number of hydrogen-bond acceptors (Lipinski definition) is 4. The predicted molar refractivity (Wildman–Crippen MR) is 129 cm³/mol. The Morgan fingerprint density at radius 3 is 2.55 bits per heavy atom. The Kier molecular flexibility index (Phi) is 7.51. The molecule has 166 valence electrons. The van der Waals surface area contributed by atoms with Crippen molar-refractivity contribution in [3.05, 3.63) is 55.9 Å². The molecule has 1 heterocycles. The van der Waals surface area contributed by atoms with Crippen molar-refractivity contribution in [2.45, 2.75) is 47.0 Å². The molecule has 3 rings (SSSR count). The number of hydrogen-bond donors (Lipinski definition) is 1. The van der Waals surface area contributed by atoms with Crippen molar-refractivity contribution in [2.75, 3.05) is 11.9 Å². The van der Waals surface area contributed by atoms with Gasteiger partial charge in [0.15, 0.2) is 0 Å². The van der Waals surface area contributed by atoms with Gasteiger partial charge in [0.1, 0.15) is 5.00 Å². The highest BCUT2D eigenvalue weighted by Crippen LogP contribution is 2.44. The summed E-state index contributed by atoms with van der Waals surface area (Å²) >= 11 is 13.8. The SMILES string of the molecule is CCOC(=O)c1c(NC(=O)/C=C/c2c(Cl)cccc2Cl)sc2c1CCC(C(C)(C)C)C2. The van der Waals surface area contributed by atoms with Crippen molar-refractivity contribution in [3.8, 4) is 0 Å². The Balaban J connectivity index is 1.88. The number of anilines is 1. The topological polar surface area (TPSA) is 55.4 Å². The number of thiophene rings is 1. The molecule has 0 fully saturated rings. The zero-order valence-corrected chi connectivity index (χ0v) is 20.5. The van der Waals surface area contributed by atoms with Gasteiger partial charge in [0.05, 0.1) is 12.2 Å². The number of carbonyl (C=O) groups excluding carboxylic acids is 2. The van der Waals surface area contributed by atoms with Crippen LogP contribution in [0.4, 0.5) is 5.00 Å². The third-order valence-corrected chi connectivity index (χ3v) is 7.44. The van der Waals surface area contributed by atoms with Crippen LogP contribution >= 0.6 is 34.5 Å². The fourth-order valence-electron chi connectivity index (χ4n) is 3.81. The van der Waals surface area contributed by atoms with Gasteiger partial charge in [0, 0.05) is 26.6 Å². The molecule has 1 unspecified atom stereocenters. The Hall–Kier alpha value is -1.82. The van der Waals surface area contributed by atoms with Crippen molar-refractivity contribution in [2.24, 2.45) is 11.3 Å². The van der Waals surface area contributed by atoms with Crippen LogP contribution < -0.4 is 5.32 Å². The smallest absolute Gasteiger partial charge is 0.341 e. The van der Waals surface area contributed by atoms with Crippen LogP contribution in [0, 0.1) is 11.3 Å². The van der Waals surface area contributed by atoms with Crippen LogP contribution in [-0.2, 0) is 22.4 Å². The second-order valence-corrected chi connectivity index (χ2v) is 10.6. The van der Waals surface area contributed by atoms with Gasteiger partial charge in [0.25, 0.3) is 0 Å². The average Bonchev–Trinajstić information content (AvgIpc) is 3.04. The highest BCUT2D eigenvalue weighted by molar-refractivity contribution is 7.17. The van der Waals surface area contributed by atoms with Gasteiger partial charge in [0.2, 0.25) is 5.91 Å². The molecule has 1 aromatic carbocycles. The Bertz CT molecular complexity index is 1000. The largest absolute Gasteiger partial charge is 0.462 e. The first-order valence-corrected chi connectivity index (χ1v) is 11.9. The number of esters is 1. The number of amides is 1. The molecule has 4 nitrogen and oxygen atoms in total. The average molecular weight is 480 g/mol. The summed E-state index contributed by atoms with van der Waals surface area (Å²) in [6, 6.07) is 5.17. The molecule has 0 aliphatic heterocycles. The molecule has 0 bridgehead atoms. The van der Waals surface area contributed by atoms with Crippen molar-refractivity contribution in [3.63, 3.8) is 0 Å². The van der Waals surface area contributed by atoms with Crippen LogP contribution in [0.2, 0.25) is 10.0 Å². The van der Waals surface area contributed by atoms with E-state index in [0.717, 1.165) is 29.7 Å². The molecule has 1 amide bonds. The first-order chi connectivity index (χ1) is 14.6. The van der Waals surface area contributed by atoms with Gasteiger partial charge in [-0.25, -0.2) is 4.79 Å². The van der Waals surface area contributed by atoms with E-state index < -0.39 is 0 Å². The second kappa shape index (κ2) is 9.76. The van der Waals surface area contributed by atoms with E-state index in [4.69, 9.17) is 27.9 Å². The minimum Gasteiger partial charge on any atom is -0.462 e. The number of benzene rings is 1. The molecular formula is C24H27Cl2NO3S. The van der Waals surface area contributed by atoms with Crippen LogP contribution in [0.5, 0.6) is 0 Å². The lowest BCUT2D eigenvalue weighted by Gasteiger charge is -2.33. The molecule has 0 radical (unpaired) electrons. The summed E-state index contributed by atoms with van der Waals surface area (Å²) in [4.78, 5) is 26.5. The normalized spacial score (nSPS) is 16.3. The van der Waals surface area contributed by atoms with E-state index in [1.807, 2.05) is 0 Å². The maximum atomic E-state index is 12.7. The van der Waals surface area contributed by atoms with Crippen LogP contribution in [-0.4, -0.2) is 18.5 Å². The van der Waals surface area contributed by atoms with Crippen LogP contribution in [0.1, 0.15) is 60.5 Å². The van der Waals surface area contributed by atoms with Crippen molar-refractivity contribution in [1.82, 2.24) is 0 Å². The van der Waals surface area contributed by atoms with Gasteiger partial charge in [-0.1, -0.05) is 50.0 Å². The summed E-state index contributed by atoms with van der Waals surface area (Å²) in [7, 11) is 0. The van der Waals surface area contributed by atoms with E-state index >= 15 is 0 Å². The highest BCUT2D eigenvalue weighted by atomic mass is 35.5. The Morgan fingerprint density at radius 2 is 1.94 bits per heavy atom. The zero-order chi connectivity index (χ0) is 22.8. The quantitative estimate of drug-likeness (QED) is 0.369. The third-order valence-electron chi connectivity index (χ3n) is 5.61. The monoisotopic (exact) mass is 479 g/mol. The van der Waals surface area contributed by atoms with Crippen LogP contribution in [0.3, 0.4) is 0 Å². The third kappa shape index (κ3) is 5.51. The molecule has 1 atom stereocenters. The molecular weight excluding hydrogens is 453 g/mol. The molecule has 1 N–H and O–H groups in total. The van der Waals surface area contributed by atoms with E-state index in [2.05, 4.69) is 26.1 Å². The van der Waals surface area contributed by atoms with Crippen LogP contribution in [0.15, 0.2) is 24.3 Å². The summed E-state index contributed by atoms with van der Waals surface area (Å²) in [5.41, 5.74) is 2.26. The number of nitrogens with one attached hydrogen (secondary N) is 1. The van der Waals surface area contributed by atoms with Crippen molar-refractivity contribution < 1.29 is 14.3 Å². The van der Waals surface area contributed by atoms with Gasteiger partial charge in [-0.15, -0.1) is 11.3 Å². The predicted octanol–water partition coefficient (Wildman–Crippen LogP) is 7.03. The van der Waals surface area contributed by atoms with Crippen molar-refractivity contribution in [1.29, 1.82) is 0 Å². The van der Waals surface area contributed by atoms with E-state index in [9.17, 15) is 9.59 Å². The van der Waals surface area contributed by atoms with Gasteiger partial charge < -0.3 is 10.1 Å². The summed E-state index contributed by atoms with van der Waals surface area (Å²) in [6.07, 6.45) is 5.67. The number of rotatable bonds is 5. The zero-order valence-electron chi connectivity index (χ0n) is 18.2. The van der Waals surface area contributed by atoms with Crippen LogP contribution in [0.25, 0.3) is 6.08 Å². The lowest BCUT2D eigenvalue weighted by molar-refractivity contribution is -0.111. The van der Waals surface area contributed by atoms with E-state index in [0.29, 0.717) is 32.1 Å². The maximum Gasteiger partial charge on any atom is 0.341 e. The summed E-state index contributed by atoms with van der Waals surface area (Å²) < 4.78 is 5.29. The fraction of sp³-hybridized carbons (Fsp3) is 0.417. The minimum atomic E-state index is -0.386. The first-order valence-electron chi connectivity index (χ1n) is 10.4. The minimum absolute atomic E-state index is 0.187. The van der Waals surface area contributed by atoms with Gasteiger partial charge in [-0.3, -0.25) is 4.79 Å². The number of ether oxygens (including phenoxy) is 1. The Labute approximate surface area is 197 Å². The standard InChI is InChI=1S/C24H27Cl2NO3S/c1-5-30-23(29)21-16-10-9-14(24(2,3)4)13-19(16)31-22(21)27-20(28)12-11-15-17(25)7-6-8-18(15)26/h6-8,11-12,14H,5,9-10,13H2,1-4H3,(H,27,28)/b12-11+. The first kappa shape index (κ1) is 23.8. The van der Waals surface area contributed by atoms with Gasteiger partial charge in [-0.05, 0) is 61.3 Å². The number of carbonyl (C=O) groups is 2. The number of halogens is 2. The van der Waals surface area contributed by atoms with E-state index in [1.54, 1.807) is 31.2 Å². The molecule has 0 saturated heterocycles. The lowest BCUT2D eigenvalue weighted by Crippen LogP contribution is -2.26.